The molecule has 0 aliphatic heterocycles. The molecule has 1 unspecified atom stereocenters. The number of benzene rings is 2. The number of rotatable bonds is 4. The number of aliphatic hydroxyl groups excluding tert-OH is 1. The van der Waals surface area contributed by atoms with E-state index < -0.39 is 11.7 Å². The first kappa shape index (κ1) is 14.5. The standard InChI is InChI=1S/C17H16ClN3O2/c18-13-8-6-12(7-9-13)16(22)17(10-3-11-17)23-21-15-5-2-1-4-14(15)19-20-21/h1-2,4-9,16,22H,3,10-11H2. The molecule has 0 radical (unpaired) electrons. The molecule has 0 spiro atoms. The van der Waals surface area contributed by atoms with Crippen molar-refractivity contribution in [3.8, 4) is 0 Å². The summed E-state index contributed by atoms with van der Waals surface area (Å²) in [5.74, 6) is 0. The van der Waals surface area contributed by atoms with Crippen LogP contribution in [0.4, 0.5) is 0 Å². The Morgan fingerprint density at radius 2 is 1.87 bits per heavy atom. The molecule has 1 saturated carbocycles. The molecule has 4 rings (SSSR count). The first-order chi connectivity index (χ1) is 11.2. The Morgan fingerprint density at radius 1 is 1.13 bits per heavy atom. The predicted molar refractivity (Wildman–Crippen MR) is 87.1 cm³/mol. The first-order valence-corrected chi connectivity index (χ1v) is 7.99. The number of aromatic nitrogens is 3. The van der Waals surface area contributed by atoms with Crippen molar-refractivity contribution in [2.24, 2.45) is 0 Å². The molecule has 23 heavy (non-hydrogen) atoms. The van der Waals surface area contributed by atoms with E-state index in [9.17, 15) is 5.11 Å². The summed E-state index contributed by atoms with van der Waals surface area (Å²) in [5.41, 5.74) is 1.67. The quantitative estimate of drug-likeness (QED) is 0.798. The maximum Gasteiger partial charge on any atom is 0.167 e. The summed E-state index contributed by atoms with van der Waals surface area (Å²) in [6, 6.07) is 14.8. The lowest BCUT2D eigenvalue weighted by molar-refractivity contribution is -0.178. The molecule has 1 fully saturated rings. The van der Waals surface area contributed by atoms with Gasteiger partial charge in [0.2, 0.25) is 0 Å². The molecule has 5 nitrogen and oxygen atoms in total. The van der Waals surface area contributed by atoms with Crippen LogP contribution >= 0.6 is 11.6 Å². The van der Waals surface area contributed by atoms with E-state index in [1.165, 1.54) is 4.85 Å². The predicted octanol–water partition coefficient (Wildman–Crippen LogP) is 3.17. The van der Waals surface area contributed by atoms with Crippen LogP contribution in [-0.4, -0.2) is 25.9 Å². The summed E-state index contributed by atoms with van der Waals surface area (Å²) in [6.45, 7) is 0. The van der Waals surface area contributed by atoms with E-state index in [0.29, 0.717) is 5.02 Å². The molecule has 0 bridgehead atoms. The van der Waals surface area contributed by atoms with E-state index in [4.69, 9.17) is 16.4 Å². The van der Waals surface area contributed by atoms with Gasteiger partial charge < -0.3 is 9.94 Å². The third-order valence-electron chi connectivity index (χ3n) is 4.47. The van der Waals surface area contributed by atoms with Crippen LogP contribution in [0.5, 0.6) is 0 Å². The van der Waals surface area contributed by atoms with Gasteiger partial charge in [0.1, 0.15) is 17.1 Å². The summed E-state index contributed by atoms with van der Waals surface area (Å²) in [6.07, 6.45) is 1.81. The van der Waals surface area contributed by atoms with Gasteiger partial charge in [-0.2, -0.15) is 0 Å². The van der Waals surface area contributed by atoms with Crippen molar-refractivity contribution < 1.29 is 9.94 Å². The van der Waals surface area contributed by atoms with E-state index in [2.05, 4.69) is 10.3 Å². The average molecular weight is 330 g/mol. The van der Waals surface area contributed by atoms with Crippen LogP contribution in [0.1, 0.15) is 30.9 Å². The highest BCUT2D eigenvalue weighted by Crippen LogP contribution is 2.43. The summed E-state index contributed by atoms with van der Waals surface area (Å²) in [4.78, 5) is 7.52. The van der Waals surface area contributed by atoms with Crippen molar-refractivity contribution in [2.75, 3.05) is 0 Å². The minimum atomic E-state index is -0.739. The van der Waals surface area contributed by atoms with E-state index in [1.807, 2.05) is 36.4 Å². The molecule has 1 N–H and O–H groups in total. The Labute approximate surface area is 138 Å². The molecule has 6 heteroatoms. The van der Waals surface area contributed by atoms with Crippen molar-refractivity contribution in [3.63, 3.8) is 0 Å². The Morgan fingerprint density at radius 3 is 2.57 bits per heavy atom. The Balaban J connectivity index is 1.66. The van der Waals surface area contributed by atoms with Gasteiger partial charge in [-0.05, 0) is 54.3 Å². The maximum absolute atomic E-state index is 10.8. The van der Waals surface area contributed by atoms with Gasteiger partial charge in [-0.15, -0.1) is 5.10 Å². The molecule has 1 aromatic heterocycles. The zero-order valence-corrected chi connectivity index (χ0v) is 13.1. The highest BCUT2D eigenvalue weighted by atomic mass is 35.5. The van der Waals surface area contributed by atoms with Crippen molar-refractivity contribution in [2.45, 2.75) is 31.0 Å². The molecule has 1 atom stereocenters. The minimum absolute atomic E-state index is 0.645. The SMILES string of the molecule is OC(c1ccc(Cl)cc1)C1(On2nnc3ccccc32)CCC1. The Kier molecular flexibility index (Phi) is 3.47. The normalized spacial score (nSPS) is 17.7. The lowest BCUT2D eigenvalue weighted by Gasteiger charge is -2.43. The van der Waals surface area contributed by atoms with Gasteiger partial charge in [0.25, 0.3) is 0 Å². The summed E-state index contributed by atoms with van der Waals surface area (Å²) in [7, 11) is 0. The third-order valence-corrected chi connectivity index (χ3v) is 4.73. The zero-order chi connectivity index (χ0) is 15.9. The number of para-hydroxylation sites is 1. The molecule has 118 valence electrons. The van der Waals surface area contributed by atoms with Crippen LogP contribution in [0.25, 0.3) is 11.0 Å². The van der Waals surface area contributed by atoms with Gasteiger partial charge in [0.05, 0.1) is 0 Å². The smallest absolute Gasteiger partial charge is 0.167 e. The fourth-order valence-electron chi connectivity index (χ4n) is 2.98. The molecule has 1 heterocycles. The minimum Gasteiger partial charge on any atom is -0.385 e. The first-order valence-electron chi connectivity index (χ1n) is 7.61. The van der Waals surface area contributed by atoms with Gasteiger partial charge in [-0.1, -0.05) is 40.7 Å². The van der Waals surface area contributed by atoms with E-state index in [-0.39, 0.29) is 0 Å². The molecular weight excluding hydrogens is 314 g/mol. The van der Waals surface area contributed by atoms with Crippen LogP contribution in [0.3, 0.4) is 0 Å². The number of hydrogen-bond acceptors (Lipinski definition) is 4. The lowest BCUT2D eigenvalue weighted by atomic mass is 9.74. The fourth-order valence-corrected chi connectivity index (χ4v) is 3.10. The summed E-state index contributed by atoms with van der Waals surface area (Å²) in [5, 5.41) is 19.6. The number of halogens is 1. The maximum atomic E-state index is 10.8. The fraction of sp³-hybridized carbons (Fsp3) is 0.294. The third kappa shape index (κ3) is 2.46. The number of nitrogens with zero attached hydrogens (tertiary/aromatic N) is 3. The van der Waals surface area contributed by atoms with Gasteiger partial charge in [-0.25, -0.2) is 0 Å². The lowest BCUT2D eigenvalue weighted by Crippen LogP contribution is -2.52. The molecule has 3 aromatic rings. The highest BCUT2D eigenvalue weighted by molar-refractivity contribution is 6.30. The molecular formula is C17H16ClN3O2. The highest BCUT2D eigenvalue weighted by Gasteiger charge is 2.48. The molecule has 2 aromatic carbocycles. The van der Waals surface area contributed by atoms with Crippen LogP contribution in [0.15, 0.2) is 48.5 Å². The second kappa shape index (κ2) is 5.51. The van der Waals surface area contributed by atoms with Gasteiger partial charge in [0.15, 0.2) is 5.60 Å². The number of fused-ring (bicyclic) bond motifs is 1. The van der Waals surface area contributed by atoms with E-state index in [0.717, 1.165) is 35.9 Å². The molecule has 1 aliphatic carbocycles. The van der Waals surface area contributed by atoms with Crippen LogP contribution < -0.4 is 4.84 Å². The van der Waals surface area contributed by atoms with Crippen molar-refractivity contribution in [1.29, 1.82) is 0 Å². The van der Waals surface area contributed by atoms with E-state index >= 15 is 0 Å². The van der Waals surface area contributed by atoms with Crippen molar-refractivity contribution in [3.05, 3.63) is 59.1 Å². The van der Waals surface area contributed by atoms with Gasteiger partial charge in [0, 0.05) is 5.02 Å². The van der Waals surface area contributed by atoms with Gasteiger partial charge >= 0.3 is 0 Å². The van der Waals surface area contributed by atoms with Crippen molar-refractivity contribution in [1.82, 2.24) is 15.2 Å². The summed E-state index contributed by atoms with van der Waals surface area (Å²) >= 11 is 5.92. The van der Waals surface area contributed by atoms with Crippen LogP contribution in [-0.2, 0) is 0 Å². The topological polar surface area (TPSA) is 60.2 Å². The monoisotopic (exact) mass is 329 g/mol. The zero-order valence-electron chi connectivity index (χ0n) is 12.4. The largest absolute Gasteiger partial charge is 0.385 e. The van der Waals surface area contributed by atoms with E-state index in [1.54, 1.807) is 12.1 Å². The average Bonchev–Trinajstić information content (AvgIpc) is 2.94. The second-order valence-corrected chi connectivity index (χ2v) is 6.35. The number of aliphatic hydroxyl groups is 1. The van der Waals surface area contributed by atoms with Gasteiger partial charge in [-0.3, -0.25) is 0 Å². The number of hydrogen-bond donors (Lipinski definition) is 1. The second-order valence-electron chi connectivity index (χ2n) is 5.91. The van der Waals surface area contributed by atoms with Crippen LogP contribution in [0, 0.1) is 0 Å². The Hall–Kier alpha value is -2.11. The molecule has 1 aliphatic rings. The Bertz CT molecular complexity index is 827. The molecule has 0 saturated heterocycles. The van der Waals surface area contributed by atoms with Crippen molar-refractivity contribution >= 4 is 22.6 Å². The molecule has 0 amide bonds. The van der Waals surface area contributed by atoms with Crippen LogP contribution in [0.2, 0.25) is 5.02 Å². The summed E-state index contributed by atoms with van der Waals surface area (Å²) < 4.78 is 0.